The zero-order chi connectivity index (χ0) is 7.15. The minimum absolute atomic E-state index is 0. The molecule has 0 saturated heterocycles. The molecule has 0 aromatic rings. The van der Waals surface area contributed by atoms with E-state index < -0.39 is 10.2 Å². The van der Waals surface area contributed by atoms with Crippen LogP contribution in [0.15, 0.2) is 0 Å². The minimum Gasteiger partial charge on any atom is -0.356 e. The summed E-state index contributed by atoms with van der Waals surface area (Å²) in [7, 11) is 0. The van der Waals surface area contributed by atoms with E-state index in [1.807, 2.05) is 0 Å². The third kappa shape index (κ3) is 931. The van der Waals surface area contributed by atoms with Crippen LogP contribution < -0.4 is 0 Å². The number of nitrogens with zero attached hydrogens (tertiary/aromatic N) is 2. The summed E-state index contributed by atoms with van der Waals surface area (Å²) in [5.74, 6) is 0. The Morgan fingerprint density at radius 1 is 0.800 bits per heavy atom. The SMILES string of the molecule is O=[N+]([O-])[O-].O=[N+]([O-])[O-].[Co+2].[Fe+2]. The van der Waals surface area contributed by atoms with Crippen LogP contribution in [-0.2, 0) is 33.8 Å². The van der Waals surface area contributed by atoms with Gasteiger partial charge in [0.1, 0.15) is 0 Å². The fourth-order valence-corrected chi connectivity index (χ4v) is 0. The molecule has 0 heterocycles. The first kappa shape index (κ1) is 22.7. The van der Waals surface area contributed by atoms with Crippen molar-refractivity contribution in [1.82, 2.24) is 0 Å². The summed E-state index contributed by atoms with van der Waals surface area (Å²) >= 11 is 0. The van der Waals surface area contributed by atoms with Crippen LogP contribution in [0.1, 0.15) is 0 Å². The van der Waals surface area contributed by atoms with Crippen molar-refractivity contribution in [3.63, 3.8) is 0 Å². The van der Waals surface area contributed by atoms with E-state index in [0.29, 0.717) is 0 Å². The van der Waals surface area contributed by atoms with Crippen molar-refractivity contribution in [1.29, 1.82) is 0 Å². The summed E-state index contributed by atoms with van der Waals surface area (Å²) in [4.78, 5) is 16.5. The van der Waals surface area contributed by atoms with Gasteiger partial charge in [0.25, 0.3) is 0 Å². The second-order valence-corrected chi connectivity index (χ2v) is 0.447. The molecule has 0 rings (SSSR count). The van der Waals surface area contributed by atoms with E-state index >= 15 is 0 Å². The molecule has 0 saturated carbocycles. The van der Waals surface area contributed by atoms with Crippen molar-refractivity contribution >= 4 is 0 Å². The smallest absolute Gasteiger partial charge is 0.356 e. The Hall–Kier alpha value is -0.574. The zero-order valence-electron chi connectivity index (χ0n) is 4.03. The van der Waals surface area contributed by atoms with Crippen LogP contribution in [0.2, 0.25) is 0 Å². The molecule has 0 fully saturated rings. The van der Waals surface area contributed by atoms with E-state index in [0.717, 1.165) is 0 Å². The molecule has 0 unspecified atom stereocenters. The standard InChI is InChI=1S/Co.Fe.2NO3/c;;2*2-1(3)4/q2*+2;2*-1. The molecule has 0 bridgehead atoms. The molecule has 0 spiro atoms. The van der Waals surface area contributed by atoms with Crippen molar-refractivity contribution in [3.05, 3.63) is 30.6 Å². The van der Waals surface area contributed by atoms with Gasteiger partial charge in [0.05, 0.1) is 10.2 Å². The van der Waals surface area contributed by atoms with Crippen LogP contribution in [0.3, 0.4) is 0 Å². The van der Waals surface area contributed by atoms with E-state index in [2.05, 4.69) is 0 Å². The molecule has 0 aliphatic carbocycles. The predicted octanol–water partition coefficient (Wildman–Crippen LogP) is -0.483. The van der Waals surface area contributed by atoms with Gasteiger partial charge in [-0.25, -0.2) is 0 Å². The molecule has 8 nitrogen and oxygen atoms in total. The molecule has 61 valence electrons. The fraction of sp³-hybridized carbons (Fsp3) is 0. The van der Waals surface area contributed by atoms with Crippen LogP contribution in [0, 0.1) is 30.6 Å². The molecule has 0 aliphatic rings. The Labute approximate surface area is 75.1 Å². The minimum atomic E-state index is -1.75. The molecular formula is CoFeN2O6+2. The maximum absolute atomic E-state index is 8.25. The van der Waals surface area contributed by atoms with E-state index in [-0.39, 0.29) is 33.8 Å². The van der Waals surface area contributed by atoms with Crippen molar-refractivity contribution in [2.75, 3.05) is 0 Å². The van der Waals surface area contributed by atoms with Gasteiger partial charge in [-0.15, -0.1) is 0 Å². The van der Waals surface area contributed by atoms with Crippen LogP contribution in [0.4, 0.5) is 0 Å². The second-order valence-electron chi connectivity index (χ2n) is 0.447. The second kappa shape index (κ2) is 15.8. The topological polar surface area (TPSA) is 132 Å². The van der Waals surface area contributed by atoms with Gasteiger partial charge in [-0.1, -0.05) is 0 Å². The maximum Gasteiger partial charge on any atom is 2.00 e. The predicted molar refractivity (Wildman–Crippen MR) is 20.7 cm³/mol. The van der Waals surface area contributed by atoms with Crippen molar-refractivity contribution < 1.29 is 44.0 Å². The van der Waals surface area contributed by atoms with Gasteiger partial charge in [-0.3, -0.25) is 0 Å². The summed E-state index contributed by atoms with van der Waals surface area (Å²) in [5, 5.41) is 29.5. The Morgan fingerprint density at radius 3 is 0.800 bits per heavy atom. The maximum atomic E-state index is 8.25. The average Bonchev–Trinajstić information content (AvgIpc) is 1.25. The van der Waals surface area contributed by atoms with Crippen molar-refractivity contribution in [3.8, 4) is 0 Å². The number of rotatable bonds is 0. The summed E-state index contributed by atoms with van der Waals surface area (Å²) < 4.78 is 0. The van der Waals surface area contributed by atoms with Gasteiger partial charge in [0, 0.05) is 0 Å². The molecule has 1 radical (unpaired) electrons. The third-order valence-corrected chi connectivity index (χ3v) is 0. The Morgan fingerprint density at radius 2 is 0.800 bits per heavy atom. The van der Waals surface area contributed by atoms with Crippen LogP contribution in [0.5, 0.6) is 0 Å². The first-order valence-corrected chi connectivity index (χ1v) is 1.10. The van der Waals surface area contributed by atoms with E-state index in [1.165, 1.54) is 0 Å². The van der Waals surface area contributed by atoms with Gasteiger partial charge >= 0.3 is 33.8 Å². The molecule has 10 heavy (non-hydrogen) atoms. The normalized spacial score (nSPS) is 4.80. The molecule has 0 amide bonds. The monoisotopic (exact) mass is 239 g/mol. The molecule has 10 heteroatoms. The molecule has 0 aliphatic heterocycles. The van der Waals surface area contributed by atoms with Gasteiger partial charge in [-0.2, -0.15) is 0 Å². The Balaban J connectivity index is -0.0000000300. The van der Waals surface area contributed by atoms with Crippen LogP contribution in [0.25, 0.3) is 0 Å². The molecule has 0 atom stereocenters. The summed E-state index contributed by atoms with van der Waals surface area (Å²) in [5.41, 5.74) is 0. The third-order valence-electron chi connectivity index (χ3n) is 0. The molecule has 0 aromatic carbocycles. The van der Waals surface area contributed by atoms with Crippen molar-refractivity contribution in [2.45, 2.75) is 0 Å². The Bertz CT molecular complexity index is 73.7. The van der Waals surface area contributed by atoms with Gasteiger partial charge in [0.15, 0.2) is 0 Å². The summed E-state index contributed by atoms with van der Waals surface area (Å²) in [6.07, 6.45) is 0. The van der Waals surface area contributed by atoms with Gasteiger partial charge in [0.2, 0.25) is 0 Å². The average molecular weight is 239 g/mol. The van der Waals surface area contributed by atoms with Gasteiger partial charge in [-0.05, 0) is 0 Å². The first-order chi connectivity index (χ1) is 3.46. The quantitative estimate of drug-likeness (QED) is 0.318. The van der Waals surface area contributed by atoms with Crippen LogP contribution >= 0.6 is 0 Å². The van der Waals surface area contributed by atoms with E-state index in [4.69, 9.17) is 30.6 Å². The Kier molecular flexibility index (Phi) is 35.9. The van der Waals surface area contributed by atoms with E-state index in [9.17, 15) is 0 Å². The fourth-order valence-electron chi connectivity index (χ4n) is 0. The summed E-state index contributed by atoms with van der Waals surface area (Å²) in [6.45, 7) is 0. The number of hydrogen-bond acceptors (Lipinski definition) is 6. The van der Waals surface area contributed by atoms with Crippen molar-refractivity contribution in [2.24, 2.45) is 0 Å². The number of hydrogen-bond donors (Lipinski definition) is 0. The molecule has 0 aromatic heterocycles. The van der Waals surface area contributed by atoms with Crippen LogP contribution in [-0.4, -0.2) is 10.2 Å². The zero-order valence-corrected chi connectivity index (χ0v) is 6.18. The largest absolute Gasteiger partial charge is 2.00 e. The van der Waals surface area contributed by atoms with Gasteiger partial charge < -0.3 is 30.6 Å². The molecular weight excluding hydrogens is 239 g/mol. The van der Waals surface area contributed by atoms with E-state index in [1.54, 1.807) is 0 Å². The first-order valence-electron chi connectivity index (χ1n) is 1.10. The molecule has 0 N–H and O–H groups in total. The summed E-state index contributed by atoms with van der Waals surface area (Å²) in [6, 6.07) is 0.